The molecule has 1 rings (SSSR count). The van der Waals surface area contributed by atoms with E-state index in [-0.39, 0.29) is 0 Å². The third kappa shape index (κ3) is 4.65. The van der Waals surface area contributed by atoms with Crippen LogP contribution in [0.5, 0.6) is 0 Å². The molecule has 0 heterocycles. The van der Waals surface area contributed by atoms with Crippen LogP contribution in [-0.4, -0.2) is 10.7 Å². The number of hydrogen-bond acceptors (Lipinski definition) is 1. The lowest BCUT2D eigenvalue weighted by molar-refractivity contribution is 0.102. The lowest BCUT2D eigenvalue weighted by Gasteiger charge is -2.22. The SMILES string of the molecule is CC(C)[C@H]1/C=C/[C@@](C)(O)CC/C=C\CC1. The van der Waals surface area contributed by atoms with E-state index in [4.69, 9.17) is 0 Å². The van der Waals surface area contributed by atoms with Crippen molar-refractivity contribution in [2.75, 3.05) is 0 Å². The van der Waals surface area contributed by atoms with Crippen LogP contribution < -0.4 is 0 Å². The Balaban J connectivity index is 2.71. The zero-order valence-electron chi connectivity index (χ0n) is 10.2. The molecule has 0 aromatic carbocycles. The van der Waals surface area contributed by atoms with Gasteiger partial charge in [-0.1, -0.05) is 38.2 Å². The fourth-order valence-electron chi connectivity index (χ4n) is 1.97. The topological polar surface area (TPSA) is 20.2 Å². The molecule has 1 aliphatic carbocycles. The summed E-state index contributed by atoms with van der Waals surface area (Å²) in [5.74, 6) is 1.25. The first-order valence-corrected chi connectivity index (χ1v) is 6.08. The molecular weight excluding hydrogens is 184 g/mol. The maximum Gasteiger partial charge on any atom is 0.0802 e. The van der Waals surface area contributed by atoms with E-state index in [2.05, 4.69) is 32.1 Å². The maximum absolute atomic E-state index is 10.1. The molecular formula is C14H24O. The van der Waals surface area contributed by atoms with Crippen molar-refractivity contribution in [1.82, 2.24) is 0 Å². The Kier molecular flexibility index (Phi) is 4.59. The molecule has 2 atom stereocenters. The molecule has 0 saturated heterocycles. The Morgan fingerprint density at radius 3 is 2.60 bits per heavy atom. The van der Waals surface area contributed by atoms with E-state index in [1.807, 2.05) is 13.0 Å². The zero-order chi connectivity index (χ0) is 11.3. The van der Waals surface area contributed by atoms with Gasteiger partial charge in [-0.3, -0.25) is 0 Å². The summed E-state index contributed by atoms with van der Waals surface area (Å²) < 4.78 is 0. The van der Waals surface area contributed by atoms with Crippen LogP contribution in [-0.2, 0) is 0 Å². The van der Waals surface area contributed by atoms with Gasteiger partial charge in [0, 0.05) is 0 Å². The number of aliphatic hydroxyl groups is 1. The van der Waals surface area contributed by atoms with Crippen molar-refractivity contribution in [1.29, 1.82) is 0 Å². The van der Waals surface area contributed by atoms with Crippen molar-refractivity contribution < 1.29 is 5.11 Å². The summed E-state index contributed by atoms with van der Waals surface area (Å²) in [5.41, 5.74) is -0.630. The Morgan fingerprint density at radius 1 is 1.27 bits per heavy atom. The average molecular weight is 208 g/mol. The van der Waals surface area contributed by atoms with E-state index in [1.165, 1.54) is 6.42 Å². The molecule has 0 radical (unpaired) electrons. The molecule has 86 valence electrons. The summed E-state index contributed by atoms with van der Waals surface area (Å²) >= 11 is 0. The summed E-state index contributed by atoms with van der Waals surface area (Å²) in [6, 6.07) is 0. The highest BCUT2D eigenvalue weighted by molar-refractivity contribution is 5.04. The largest absolute Gasteiger partial charge is 0.386 e. The molecule has 0 aromatic heterocycles. The van der Waals surface area contributed by atoms with Crippen molar-refractivity contribution in [3.63, 3.8) is 0 Å². The van der Waals surface area contributed by atoms with Crippen molar-refractivity contribution in [3.05, 3.63) is 24.3 Å². The van der Waals surface area contributed by atoms with Crippen LogP contribution >= 0.6 is 0 Å². The van der Waals surface area contributed by atoms with Gasteiger partial charge in [0.15, 0.2) is 0 Å². The molecule has 0 aromatic rings. The summed E-state index contributed by atoms with van der Waals surface area (Å²) in [4.78, 5) is 0. The number of allylic oxidation sites excluding steroid dienone is 3. The Hall–Kier alpha value is -0.560. The summed E-state index contributed by atoms with van der Waals surface area (Å²) in [7, 11) is 0. The minimum atomic E-state index is -0.630. The second-order valence-corrected chi connectivity index (χ2v) is 5.21. The highest BCUT2D eigenvalue weighted by atomic mass is 16.3. The quantitative estimate of drug-likeness (QED) is 0.651. The van der Waals surface area contributed by atoms with E-state index in [0.717, 1.165) is 19.3 Å². The first kappa shape index (κ1) is 12.5. The molecule has 1 aliphatic rings. The number of hydrogen-bond donors (Lipinski definition) is 1. The zero-order valence-corrected chi connectivity index (χ0v) is 10.2. The van der Waals surface area contributed by atoms with Gasteiger partial charge >= 0.3 is 0 Å². The highest BCUT2D eigenvalue weighted by Gasteiger charge is 2.17. The van der Waals surface area contributed by atoms with E-state index < -0.39 is 5.60 Å². The van der Waals surface area contributed by atoms with Gasteiger partial charge < -0.3 is 5.11 Å². The van der Waals surface area contributed by atoms with Crippen LogP contribution in [0, 0.1) is 11.8 Å². The van der Waals surface area contributed by atoms with Gasteiger partial charge in [0.05, 0.1) is 5.60 Å². The van der Waals surface area contributed by atoms with Gasteiger partial charge in [0.25, 0.3) is 0 Å². The van der Waals surface area contributed by atoms with Gasteiger partial charge in [-0.25, -0.2) is 0 Å². The Labute approximate surface area is 93.9 Å². The molecule has 0 saturated carbocycles. The first-order valence-electron chi connectivity index (χ1n) is 6.08. The van der Waals surface area contributed by atoms with E-state index in [9.17, 15) is 5.11 Å². The standard InChI is InChI=1S/C14H24O/c1-12(2)13-8-6-4-5-7-10-14(3,15)11-9-13/h4-5,9,11-13,15H,6-8,10H2,1-3H3/b5-4-,11-9+/t13-,14+/m1/s1. The molecule has 15 heavy (non-hydrogen) atoms. The van der Waals surface area contributed by atoms with E-state index in [1.54, 1.807) is 0 Å². The molecule has 0 aliphatic heterocycles. The third-order valence-corrected chi connectivity index (χ3v) is 3.21. The highest BCUT2D eigenvalue weighted by Crippen LogP contribution is 2.23. The average Bonchev–Trinajstić information content (AvgIpc) is 2.14. The van der Waals surface area contributed by atoms with Crippen LogP contribution in [0.15, 0.2) is 24.3 Å². The second-order valence-electron chi connectivity index (χ2n) is 5.21. The van der Waals surface area contributed by atoms with Gasteiger partial charge in [-0.15, -0.1) is 0 Å². The fraction of sp³-hybridized carbons (Fsp3) is 0.714. The smallest absolute Gasteiger partial charge is 0.0802 e. The van der Waals surface area contributed by atoms with Gasteiger partial charge in [-0.2, -0.15) is 0 Å². The van der Waals surface area contributed by atoms with Crippen LogP contribution in [0.1, 0.15) is 46.5 Å². The summed E-state index contributed by atoms with van der Waals surface area (Å²) in [6.07, 6.45) is 12.8. The Morgan fingerprint density at radius 2 is 1.93 bits per heavy atom. The van der Waals surface area contributed by atoms with Crippen LogP contribution in [0.4, 0.5) is 0 Å². The molecule has 0 unspecified atom stereocenters. The lowest BCUT2D eigenvalue weighted by Crippen LogP contribution is -2.21. The number of rotatable bonds is 1. The molecule has 0 fully saturated rings. The van der Waals surface area contributed by atoms with Crippen LogP contribution in [0.2, 0.25) is 0 Å². The second kappa shape index (κ2) is 5.50. The van der Waals surface area contributed by atoms with Crippen LogP contribution in [0.3, 0.4) is 0 Å². The van der Waals surface area contributed by atoms with Crippen molar-refractivity contribution in [3.8, 4) is 0 Å². The molecule has 0 spiro atoms. The molecule has 1 nitrogen and oxygen atoms in total. The monoisotopic (exact) mass is 208 g/mol. The summed E-state index contributed by atoms with van der Waals surface area (Å²) in [6.45, 7) is 6.40. The normalized spacial score (nSPS) is 37.5. The van der Waals surface area contributed by atoms with Gasteiger partial charge in [0.2, 0.25) is 0 Å². The molecule has 0 bridgehead atoms. The van der Waals surface area contributed by atoms with Crippen molar-refractivity contribution in [2.24, 2.45) is 11.8 Å². The van der Waals surface area contributed by atoms with Gasteiger partial charge in [-0.05, 0) is 44.4 Å². The summed E-state index contributed by atoms with van der Waals surface area (Å²) in [5, 5.41) is 10.1. The van der Waals surface area contributed by atoms with E-state index >= 15 is 0 Å². The maximum atomic E-state index is 10.1. The Bertz CT molecular complexity index is 236. The third-order valence-electron chi connectivity index (χ3n) is 3.21. The van der Waals surface area contributed by atoms with Crippen molar-refractivity contribution in [2.45, 2.75) is 52.1 Å². The van der Waals surface area contributed by atoms with Gasteiger partial charge in [0.1, 0.15) is 0 Å². The molecule has 1 N–H and O–H groups in total. The lowest BCUT2D eigenvalue weighted by atomic mass is 9.87. The molecule has 0 amide bonds. The predicted octanol–water partition coefficient (Wildman–Crippen LogP) is 3.70. The van der Waals surface area contributed by atoms with E-state index in [0.29, 0.717) is 11.8 Å². The van der Waals surface area contributed by atoms with Crippen LogP contribution in [0.25, 0.3) is 0 Å². The minimum Gasteiger partial charge on any atom is -0.386 e. The minimum absolute atomic E-state index is 0.597. The molecule has 1 heteroatoms. The predicted molar refractivity (Wildman–Crippen MR) is 65.7 cm³/mol. The fourth-order valence-corrected chi connectivity index (χ4v) is 1.97. The first-order chi connectivity index (χ1) is 7.01. The van der Waals surface area contributed by atoms with Crippen molar-refractivity contribution >= 4 is 0 Å².